The molecule has 0 fully saturated rings. The van der Waals surface area contributed by atoms with Crippen molar-refractivity contribution in [2.75, 3.05) is 5.32 Å². The summed E-state index contributed by atoms with van der Waals surface area (Å²) in [7, 11) is 0. The molecule has 0 atom stereocenters. The molecule has 7 heteroatoms. The predicted molar refractivity (Wildman–Crippen MR) is 102 cm³/mol. The normalized spacial score (nSPS) is 11.3. The van der Waals surface area contributed by atoms with Crippen LogP contribution in [0.1, 0.15) is 17.0 Å². The lowest BCUT2D eigenvalue weighted by Gasteiger charge is -2.12. The van der Waals surface area contributed by atoms with E-state index in [4.69, 9.17) is 0 Å². The zero-order valence-corrected chi connectivity index (χ0v) is 14.6. The first-order valence-corrected chi connectivity index (χ1v) is 8.59. The van der Waals surface area contributed by atoms with E-state index in [1.807, 2.05) is 70.5 Å². The van der Waals surface area contributed by atoms with E-state index in [-0.39, 0.29) is 0 Å². The molecule has 0 aliphatic carbocycles. The molecule has 0 amide bonds. The van der Waals surface area contributed by atoms with Crippen molar-refractivity contribution < 1.29 is 0 Å². The average molecular weight is 353 g/mol. The van der Waals surface area contributed by atoms with E-state index < -0.39 is 0 Å². The maximum atomic E-state index is 9.59. The van der Waals surface area contributed by atoms with Crippen LogP contribution in [0.3, 0.4) is 0 Å². The van der Waals surface area contributed by atoms with Gasteiger partial charge in [0.15, 0.2) is 17.1 Å². The predicted octanol–water partition coefficient (Wildman–Crippen LogP) is 3.32. The fourth-order valence-electron chi connectivity index (χ4n) is 3.41. The second kappa shape index (κ2) is 5.81. The van der Waals surface area contributed by atoms with Gasteiger partial charge >= 0.3 is 0 Å². The molecule has 5 aromatic rings. The molecule has 0 spiro atoms. The minimum atomic E-state index is 0.498. The zero-order valence-electron chi connectivity index (χ0n) is 14.6. The summed E-state index contributed by atoms with van der Waals surface area (Å²) in [6, 6.07) is 17.9. The van der Waals surface area contributed by atoms with Gasteiger partial charge in [-0.1, -0.05) is 18.2 Å². The Kier molecular flexibility index (Phi) is 3.30. The van der Waals surface area contributed by atoms with E-state index in [0.717, 1.165) is 33.9 Å². The smallest absolute Gasteiger partial charge is 0.160 e. The van der Waals surface area contributed by atoms with Crippen molar-refractivity contribution in [2.24, 2.45) is 0 Å². The van der Waals surface area contributed by atoms with Gasteiger partial charge < -0.3 is 5.32 Å². The van der Waals surface area contributed by atoms with Gasteiger partial charge in [-0.15, -0.1) is 10.2 Å². The van der Waals surface area contributed by atoms with Gasteiger partial charge in [-0.25, -0.2) is 4.98 Å². The Balaban J connectivity index is 1.65. The van der Waals surface area contributed by atoms with E-state index in [1.54, 1.807) is 0 Å². The van der Waals surface area contributed by atoms with E-state index in [9.17, 15) is 5.26 Å². The van der Waals surface area contributed by atoms with E-state index in [0.29, 0.717) is 17.8 Å². The van der Waals surface area contributed by atoms with Gasteiger partial charge in [0, 0.05) is 6.20 Å². The summed E-state index contributed by atoms with van der Waals surface area (Å²) in [5, 5.41) is 21.5. The van der Waals surface area contributed by atoms with E-state index in [2.05, 4.69) is 26.6 Å². The number of nitriles is 1. The highest BCUT2D eigenvalue weighted by Crippen LogP contribution is 2.26. The first-order valence-electron chi connectivity index (χ1n) is 8.59. The largest absolute Gasteiger partial charge is 0.364 e. The summed E-state index contributed by atoms with van der Waals surface area (Å²) in [6.07, 6.45) is 1.94. The number of rotatable bonds is 3. The molecule has 27 heavy (non-hydrogen) atoms. The Morgan fingerprint density at radius 3 is 2.85 bits per heavy atom. The van der Waals surface area contributed by atoms with Crippen LogP contribution >= 0.6 is 0 Å². The van der Waals surface area contributed by atoms with Crippen LogP contribution in [0.5, 0.6) is 0 Å². The highest BCUT2D eigenvalue weighted by molar-refractivity contribution is 5.85. The molecule has 0 bridgehead atoms. The van der Waals surface area contributed by atoms with Crippen LogP contribution in [-0.4, -0.2) is 24.0 Å². The lowest BCUT2D eigenvalue weighted by molar-refractivity contribution is 0.909. The van der Waals surface area contributed by atoms with Crippen molar-refractivity contribution >= 4 is 28.1 Å². The molecule has 0 saturated heterocycles. The number of nitrogens with zero attached hydrogens (tertiary/aromatic N) is 6. The standard InChI is InChI=1S/C20H15N7/c1-13-10-18(22-12-19-25-24-17-8-4-5-9-26(17)19)27-16-7-3-2-6-15(16)23-20(27)14(13)11-21/h2-10,22H,12H2,1H3. The van der Waals surface area contributed by atoms with Gasteiger partial charge in [0.05, 0.1) is 23.1 Å². The van der Waals surface area contributed by atoms with Crippen molar-refractivity contribution in [1.82, 2.24) is 24.0 Å². The molecule has 7 nitrogen and oxygen atoms in total. The van der Waals surface area contributed by atoms with Crippen LogP contribution in [0.15, 0.2) is 54.7 Å². The molecule has 0 aliphatic heterocycles. The number of hydrogen-bond donors (Lipinski definition) is 1. The molecule has 1 N–H and O–H groups in total. The van der Waals surface area contributed by atoms with Crippen LogP contribution in [0.25, 0.3) is 22.3 Å². The van der Waals surface area contributed by atoms with Crippen LogP contribution in [-0.2, 0) is 6.54 Å². The third kappa shape index (κ3) is 2.31. The molecule has 5 rings (SSSR count). The highest BCUT2D eigenvalue weighted by atomic mass is 15.3. The number of aromatic nitrogens is 5. The monoisotopic (exact) mass is 353 g/mol. The Labute approximate surface area is 154 Å². The average Bonchev–Trinajstić information content (AvgIpc) is 3.28. The van der Waals surface area contributed by atoms with Crippen LogP contribution in [0, 0.1) is 18.3 Å². The molecule has 130 valence electrons. The number of nitrogens with one attached hydrogen (secondary N) is 1. The Hall–Kier alpha value is -3.92. The SMILES string of the molecule is Cc1cc(NCc2nnc3ccccn23)n2c(nc3ccccc32)c1C#N. The first-order chi connectivity index (χ1) is 13.3. The van der Waals surface area contributed by atoms with Gasteiger partial charge in [-0.2, -0.15) is 5.26 Å². The third-order valence-corrected chi connectivity index (χ3v) is 4.70. The molecule has 4 heterocycles. The quantitative estimate of drug-likeness (QED) is 0.538. The number of imidazole rings is 1. The van der Waals surface area contributed by atoms with Gasteiger partial charge in [0.2, 0.25) is 0 Å². The maximum absolute atomic E-state index is 9.59. The minimum Gasteiger partial charge on any atom is -0.364 e. The topological polar surface area (TPSA) is 83.3 Å². The fraction of sp³-hybridized carbons (Fsp3) is 0.100. The number of fused-ring (bicyclic) bond motifs is 4. The molecule has 0 saturated carbocycles. The van der Waals surface area contributed by atoms with E-state index >= 15 is 0 Å². The number of pyridine rings is 2. The molecule has 0 unspecified atom stereocenters. The Morgan fingerprint density at radius 2 is 1.96 bits per heavy atom. The number of benzene rings is 1. The number of para-hydroxylation sites is 2. The summed E-state index contributed by atoms with van der Waals surface area (Å²) in [6.45, 7) is 2.42. The second-order valence-corrected chi connectivity index (χ2v) is 6.36. The van der Waals surface area contributed by atoms with Crippen molar-refractivity contribution in [3.63, 3.8) is 0 Å². The van der Waals surface area contributed by atoms with E-state index in [1.165, 1.54) is 0 Å². The fourth-order valence-corrected chi connectivity index (χ4v) is 3.41. The molecular weight excluding hydrogens is 338 g/mol. The Morgan fingerprint density at radius 1 is 1.11 bits per heavy atom. The lowest BCUT2D eigenvalue weighted by atomic mass is 10.1. The van der Waals surface area contributed by atoms with Crippen LogP contribution in [0.4, 0.5) is 5.82 Å². The Bertz CT molecular complexity index is 1350. The van der Waals surface area contributed by atoms with Gasteiger partial charge in [0.25, 0.3) is 0 Å². The third-order valence-electron chi connectivity index (χ3n) is 4.70. The molecule has 1 aromatic carbocycles. The minimum absolute atomic E-state index is 0.498. The van der Waals surface area contributed by atoms with Crippen molar-refractivity contribution in [3.8, 4) is 6.07 Å². The first kappa shape index (κ1) is 15.3. The molecule has 4 aromatic heterocycles. The second-order valence-electron chi connectivity index (χ2n) is 6.36. The molecule has 0 aliphatic rings. The summed E-state index contributed by atoms with van der Waals surface area (Å²) in [4.78, 5) is 4.67. The van der Waals surface area contributed by atoms with Gasteiger partial charge in [-0.3, -0.25) is 8.80 Å². The molecule has 0 radical (unpaired) electrons. The number of anilines is 1. The maximum Gasteiger partial charge on any atom is 0.160 e. The van der Waals surface area contributed by atoms with Gasteiger partial charge in [0.1, 0.15) is 11.9 Å². The van der Waals surface area contributed by atoms with Crippen molar-refractivity contribution in [2.45, 2.75) is 13.5 Å². The van der Waals surface area contributed by atoms with Gasteiger partial charge in [-0.05, 0) is 42.8 Å². The van der Waals surface area contributed by atoms with Crippen molar-refractivity contribution in [1.29, 1.82) is 5.26 Å². The number of hydrogen-bond acceptors (Lipinski definition) is 5. The summed E-state index contributed by atoms with van der Waals surface area (Å²) < 4.78 is 3.94. The van der Waals surface area contributed by atoms with Crippen LogP contribution < -0.4 is 5.32 Å². The van der Waals surface area contributed by atoms with Crippen molar-refractivity contribution in [3.05, 3.63) is 71.7 Å². The van der Waals surface area contributed by atoms with Crippen LogP contribution in [0.2, 0.25) is 0 Å². The number of aryl methyl sites for hydroxylation is 1. The zero-order chi connectivity index (χ0) is 18.4. The summed E-state index contributed by atoms with van der Waals surface area (Å²) >= 11 is 0. The summed E-state index contributed by atoms with van der Waals surface area (Å²) in [5.74, 6) is 1.67. The highest BCUT2D eigenvalue weighted by Gasteiger charge is 2.15. The summed E-state index contributed by atoms with van der Waals surface area (Å²) in [5.41, 5.74) is 4.75. The lowest BCUT2D eigenvalue weighted by Crippen LogP contribution is -2.08. The molecular formula is C20H15N7.